The monoisotopic (exact) mass is 90.0 g/mol. The molecule has 0 rings (SSSR count). The molecule has 0 aliphatic heterocycles. The minimum Gasteiger partial charge on any atom is -0.275 e. The minimum absolute atomic E-state index is 1.31. The molecule has 0 fully saturated rings. The van der Waals surface area contributed by atoms with E-state index in [1.807, 2.05) is 0 Å². The van der Waals surface area contributed by atoms with Crippen molar-refractivity contribution in [3.8, 4) is 0 Å². The van der Waals surface area contributed by atoms with Gasteiger partial charge in [0, 0.05) is 0 Å². The lowest BCUT2D eigenvalue weighted by atomic mass is 11.3. The van der Waals surface area contributed by atoms with Crippen molar-refractivity contribution in [2.75, 3.05) is 0 Å². The molecule has 6 heavy (non-hydrogen) atoms. The van der Waals surface area contributed by atoms with Gasteiger partial charge in [0.05, 0.1) is 0 Å². The van der Waals surface area contributed by atoms with E-state index >= 15 is 0 Å². The summed E-state index contributed by atoms with van der Waals surface area (Å²) in [6.45, 7) is 0. The van der Waals surface area contributed by atoms with Gasteiger partial charge in [-0.25, -0.2) is 4.79 Å². The maximum absolute atomic E-state index is 9.35. The van der Waals surface area contributed by atoms with E-state index in [-0.39, 0.29) is 0 Å². The summed E-state index contributed by atoms with van der Waals surface area (Å²) in [4.78, 5) is 12.3. The van der Waals surface area contributed by atoms with E-state index in [0.29, 0.717) is 0 Å². The van der Waals surface area contributed by atoms with E-state index < -0.39 is 6.09 Å². The van der Waals surface area contributed by atoms with E-state index in [9.17, 15) is 4.79 Å². The smallest absolute Gasteiger partial charge is 0.275 e. The second-order valence-corrected chi connectivity index (χ2v) is 0.469. The Balaban J connectivity index is 3.23. The Bertz CT molecular complexity index is 69.2. The van der Waals surface area contributed by atoms with Gasteiger partial charge in [-0.1, -0.05) is 5.11 Å². The van der Waals surface area contributed by atoms with Crippen molar-refractivity contribution in [3.05, 3.63) is 0 Å². The Kier molecular flexibility index (Phi) is 1.91. The zero-order valence-electron chi connectivity index (χ0n) is 2.71. The van der Waals surface area contributed by atoms with Crippen LogP contribution in [0.1, 0.15) is 0 Å². The highest BCUT2D eigenvalue weighted by Gasteiger charge is 1.89. The van der Waals surface area contributed by atoms with Crippen molar-refractivity contribution in [2.45, 2.75) is 0 Å². The molecule has 0 aromatic rings. The molecule has 0 saturated heterocycles. The fourth-order valence-corrected chi connectivity index (χ4v) is 0.0204. The molecule has 0 unspecified atom stereocenters. The predicted molar refractivity (Wildman–Crippen MR) is 14.3 cm³/mol. The van der Waals surface area contributed by atoms with Crippen LogP contribution in [-0.4, -0.2) is 11.4 Å². The summed E-state index contributed by atoms with van der Waals surface area (Å²) >= 11 is 0. The Labute approximate surface area is 33.0 Å². The highest BCUT2D eigenvalue weighted by molar-refractivity contribution is 5.65. The lowest BCUT2D eigenvalue weighted by Crippen LogP contribution is -1.88. The molecule has 0 aliphatic rings. The first-order valence-electron chi connectivity index (χ1n) is 1.04. The number of carbonyl (C=O) groups is 1. The van der Waals surface area contributed by atoms with E-state index in [0.717, 1.165) is 0 Å². The van der Waals surface area contributed by atoms with Crippen LogP contribution in [0.15, 0.2) is 5.11 Å². The summed E-state index contributed by atoms with van der Waals surface area (Å²) in [5.74, 6) is 0. The second-order valence-electron chi connectivity index (χ2n) is 0.469. The molecule has 0 radical (unpaired) electrons. The lowest BCUT2D eigenvalue weighted by Gasteiger charge is -1.76. The van der Waals surface area contributed by atoms with Crippen LogP contribution in [0.5, 0.6) is 0 Å². The first-order valence-corrected chi connectivity index (χ1v) is 1.04. The molecule has 0 aromatic carbocycles. The maximum atomic E-state index is 9.35. The number of hydrogen-bond acceptors (Lipinski definition) is 4. The fourth-order valence-electron chi connectivity index (χ4n) is 0.0204. The van der Waals surface area contributed by atoms with Crippen LogP contribution in [0, 0.1) is 5.53 Å². The number of rotatable bonds is 0. The van der Waals surface area contributed by atoms with Crippen LogP contribution in [-0.2, 0) is 4.89 Å². The molecule has 0 heterocycles. The average Bonchev–Trinajstić information content (AvgIpc) is 1.65. The van der Waals surface area contributed by atoms with Crippen LogP contribution in [0.4, 0.5) is 4.79 Å². The number of hydrogen-bond donors (Lipinski definition) is 2. The molecule has 0 atom stereocenters. The molecule has 5 nitrogen and oxygen atoms in total. The van der Waals surface area contributed by atoms with Crippen LogP contribution in [0.2, 0.25) is 0 Å². The number of nitrogens with one attached hydrogen (secondary N) is 1. The van der Waals surface area contributed by atoms with Gasteiger partial charge < -0.3 is 0 Å². The van der Waals surface area contributed by atoms with E-state index in [1.165, 1.54) is 0 Å². The summed E-state index contributed by atoms with van der Waals surface area (Å²) < 4.78 is 0. The van der Waals surface area contributed by atoms with Crippen molar-refractivity contribution in [3.63, 3.8) is 0 Å². The number of amides is 1. The third-order valence-corrected chi connectivity index (χ3v) is 0.169. The van der Waals surface area contributed by atoms with E-state index in [2.05, 4.69) is 10.0 Å². The molecule has 2 N–H and O–H groups in total. The zero-order valence-corrected chi connectivity index (χ0v) is 2.71. The van der Waals surface area contributed by atoms with Crippen LogP contribution in [0.25, 0.3) is 0 Å². The van der Waals surface area contributed by atoms with Crippen molar-refractivity contribution in [1.29, 1.82) is 5.53 Å². The highest BCUT2D eigenvalue weighted by Crippen LogP contribution is 1.72. The Hall–Kier alpha value is -0.970. The van der Waals surface area contributed by atoms with Gasteiger partial charge in [-0.05, 0) is 0 Å². The third-order valence-electron chi connectivity index (χ3n) is 0.169. The van der Waals surface area contributed by atoms with Crippen molar-refractivity contribution < 1.29 is 14.9 Å². The van der Waals surface area contributed by atoms with Crippen LogP contribution < -0.4 is 0 Å². The molecule has 5 heteroatoms. The van der Waals surface area contributed by atoms with Crippen molar-refractivity contribution in [1.82, 2.24) is 0 Å². The van der Waals surface area contributed by atoms with Gasteiger partial charge in [-0.2, -0.15) is 10.8 Å². The van der Waals surface area contributed by atoms with Gasteiger partial charge >= 0.3 is 6.09 Å². The molecular weight excluding hydrogens is 88.0 g/mol. The summed E-state index contributed by atoms with van der Waals surface area (Å²) in [5, 5.41) is 9.42. The average molecular weight is 90.0 g/mol. The molecule has 0 aromatic heterocycles. The first-order chi connectivity index (χ1) is 2.81. The largest absolute Gasteiger partial charge is 0.482 e. The molecule has 34 valence electrons. The topological polar surface area (TPSA) is 82.7 Å². The molecule has 0 bridgehead atoms. The quantitative estimate of drug-likeness (QED) is 0.260. The van der Waals surface area contributed by atoms with Gasteiger partial charge in [0.15, 0.2) is 0 Å². The minimum atomic E-state index is -1.31. The zero-order chi connectivity index (χ0) is 4.99. The summed E-state index contributed by atoms with van der Waals surface area (Å²) in [5.41, 5.74) is 5.80. The van der Waals surface area contributed by atoms with Crippen molar-refractivity contribution in [2.24, 2.45) is 5.11 Å². The standard InChI is InChI=1S/CH2N2O3/c2-3-1(4)6-5/h2,5H. The molecule has 1 amide bonds. The number of carbonyl (C=O) groups excluding carboxylic acids is 1. The van der Waals surface area contributed by atoms with Crippen molar-refractivity contribution >= 4 is 6.09 Å². The Morgan fingerprint density at radius 2 is 2.50 bits per heavy atom. The van der Waals surface area contributed by atoms with Crippen LogP contribution in [0.3, 0.4) is 0 Å². The fraction of sp³-hybridized carbons (Fsp3) is 0. The molecule has 0 spiro atoms. The molecule has 0 aliphatic carbocycles. The predicted octanol–water partition coefficient (Wildman–Crippen LogP) is 0.627. The SMILES string of the molecule is N=NC(=O)OO. The summed E-state index contributed by atoms with van der Waals surface area (Å²) in [7, 11) is 0. The normalized spacial score (nSPS) is 6.83. The Morgan fingerprint density at radius 3 is 2.50 bits per heavy atom. The van der Waals surface area contributed by atoms with Gasteiger partial charge in [0.25, 0.3) is 0 Å². The van der Waals surface area contributed by atoms with E-state index in [4.69, 9.17) is 10.8 Å². The van der Waals surface area contributed by atoms with E-state index in [1.54, 1.807) is 0 Å². The van der Waals surface area contributed by atoms with Gasteiger partial charge in [0.1, 0.15) is 0 Å². The Morgan fingerprint density at radius 1 is 2.00 bits per heavy atom. The third kappa shape index (κ3) is 1.36. The first kappa shape index (κ1) is 5.03. The lowest BCUT2D eigenvalue weighted by molar-refractivity contribution is -0.175. The van der Waals surface area contributed by atoms with Gasteiger partial charge in [-0.15, -0.1) is 0 Å². The summed E-state index contributed by atoms with van der Waals surface area (Å²) in [6, 6.07) is 0. The number of nitrogens with zero attached hydrogens (tertiary/aromatic N) is 1. The molecule has 0 saturated carbocycles. The van der Waals surface area contributed by atoms with Crippen LogP contribution >= 0.6 is 0 Å². The van der Waals surface area contributed by atoms with Gasteiger partial charge in [-0.3, -0.25) is 4.89 Å². The summed E-state index contributed by atoms with van der Waals surface area (Å²) in [6.07, 6.45) is -1.31. The second kappa shape index (κ2) is 2.28. The maximum Gasteiger partial charge on any atom is 0.482 e. The molecular formula is CH2N2O3. The highest BCUT2D eigenvalue weighted by atomic mass is 17.1. The van der Waals surface area contributed by atoms with Gasteiger partial charge in [0.2, 0.25) is 0 Å².